The molecule has 0 radical (unpaired) electrons. The molecule has 1 amide bonds. The molecule has 2 N–H and O–H groups in total. The Hall–Kier alpha value is -1.58. The van der Waals surface area contributed by atoms with Crippen molar-refractivity contribution in [2.75, 3.05) is 32.1 Å². The molecule has 1 aromatic rings. The number of rotatable bonds is 6. The third-order valence-electron chi connectivity index (χ3n) is 4.12. The molecule has 1 aromatic carbocycles. The number of carbonyl (C=O) groups is 1. The van der Waals surface area contributed by atoms with E-state index in [9.17, 15) is 22.0 Å². The van der Waals surface area contributed by atoms with Crippen molar-refractivity contribution in [2.24, 2.45) is 5.41 Å². The Bertz CT molecular complexity index is 683. The summed E-state index contributed by atoms with van der Waals surface area (Å²) in [5.41, 5.74) is -0.562. The van der Waals surface area contributed by atoms with E-state index in [0.29, 0.717) is 25.9 Å². The summed E-state index contributed by atoms with van der Waals surface area (Å²) >= 11 is 0. The predicted molar refractivity (Wildman–Crippen MR) is 84.7 cm³/mol. The Morgan fingerprint density at radius 1 is 1.38 bits per heavy atom. The van der Waals surface area contributed by atoms with E-state index in [1.54, 1.807) is 0 Å². The number of piperidine rings is 1. The Morgan fingerprint density at radius 3 is 2.62 bits per heavy atom. The van der Waals surface area contributed by atoms with Crippen molar-refractivity contribution in [3.63, 3.8) is 0 Å². The van der Waals surface area contributed by atoms with Crippen LogP contribution in [0.2, 0.25) is 0 Å². The summed E-state index contributed by atoms with van der Waals surface area (Å²) in [7, 11) is -3.20. The monoisotopic (exact) mass is 362 g/mol. The first-order chi connectivity index (χ1) is 11.3. The predicted octanol–water partition coefficient (Wildman–Crippen LogP) is 1.64. The first kappa shape index (κ1) is 18.8. The van der Waals surface area contributed by atoms with Crippen LogP contribution < -0.4 is 10.6 Å². The molecule has 1 aliphatic heterocycles. The van der Waals surface area contributed by atoms with Gasteiger partial charge in [-0.1, -0.05) is 6.07 Å². The molecule has 24 heavy (non-hydrogen) atoms. The quantitative estimate of drug-likeness (QED) is 0.804. The van der Waals surface area contributed by atoms with Gasteiger partial charge in [-0.2, -0.15) is 8.78 Å². The van der Waals surface area contributed by atoms with Gasteiger partial charge in [0.25, 0.3) is 0 Å². The fourth-order valence-electron chi connectivity index (χ4n) is 2.74. The zero-order valence-corrected chi connectivity index (χ0v) is 14.0. The molecule has 6 nitrogen and oxygen atoms in total. The molecule has 1 aliphatic rings. The van der Waals surface area contributed by atoms with Gasteiger partial charge in [-0.3, -0.25) is 4.79 Å². The first-order valence-corrected chi connectivity index (χ1v) is 9.00. The average molecular weight is 362 g/mol. The lowest BCUT2D eigenvalue weighted by Gasteiger charge is -2.35. The standard InChI is InChI=1S/C15H20F2N2O4S/c1-23-10-15(5-7-18-8-6-15)13(20)19-11-3-2-4-12(9-11)24(21,22)14(16)17/h2-4,9,14,18H,5-8,10H2,1H3,(H,19,20). The third-order valence-corrected chi connectivity index (χ3v) is 5.50. The van der Waals surface area contributed by atoms with Crippen molar-refractivity contribution in [1.29, 1.82) is 0 Å². The van der Waals surface area contributed by atoms with Gasteiger partial charge in [0.15, 0.2) is 0 Å². The van der Waals surface area contributed by atoms with Gasteiger partial charge in [0, 0.05) is 12.8 Å². The highest BCUT2D eigenvalue weighted by molar-refractivity contribution is 7.91. The lowest BCUT2D eigenvalue weighted by atomic mass is 9.78. The molecule has 0 aliphatic carbocycles. The molecule has 0 unspecified atom stereocenters. The lowest BCUT2D eigenvalue weighted by molar-refractivity contribution is -0.130. The highest BCUT2D eigenvalue weighted by Crippen LogP contribution is 2.31. The number of benzene rings is 1. The van der Waals surface area contributed by atoms with E-state index >= 15 is 0 Å². The number of hydrogen-bond donors (Lipinski definition) is 2. The molecule has 0 atom stereocenters. The van der Waals surface area contributed by atoms with Crippen molar-refractivity contribution in [1.82, 2.24) is 5.32 Å². The summed E-state index contributed by atoms with van der Waals surface area (Å²) in [6.45, 7) is 1.56. The molecule has 0 spiro atoms. The van der Waals surface area contributed by atoms with E-state index in [1.807, 2.05) is 0 Å². The van der Waals surface area contributed by atoms with E-state index in [-0.39, 0.29) is 18.2 Å². The van der Waals surface area contributed by atoms with Gasteiger partial charge in [-0.15, -0.1) is 0 Å². The molecule has 2 rings (SSSR count). The van der Waals surface area contributed by atoms with Gasteiger partial charge in [0.1, 0.15) is 0 Å². The second-order valence-corrected chi connectivity index (χ2v) is 7.67. The average Bonchev–Trinajstić information content (AvgIpc) is 2.56. The van der Waals surface area contributed by atoms with Crippen LogP contribution in [0.25, 0.3) is 0 Å². The van der Waals surface area contributed by atoms with Crippen LogP contribution in [0.3, 0.4) is 0 Å². The van der Waals surface area contributed by atoms with Gasteiger partial charge in [0.2, 0.25) is 15.7 Å². The Labute approximate surface area is 139 Å². The fourth-order valence-corrected chi connectivity index (χ4v) is 3.50. The molecule has 1 heterocycles. The molecule has 1 fully saturated rings. The van der Waals surface area contributed by atoms with Crippen LogP contribution in [0.5, 0.6) is 0 Å². The van der Waals surface area contributed by atoms with Crippen LogP contribution in [0.4, 0.5) is 14.5 Å². The number of carbonyl (C=O) groups excluding carboxylic acids is 1. The number of hydrogen-bond acceptors (Lipinski definition) is 5. The third kappa shape index (κ3) is 3.90. The van der Waals surface area contributed by atoms with E-state index in [1.165, 1.54) is 19.2 Å². The maximum Gasteiger partial charge on any atom is 0.341 e. The summed E-state index contributed by atoms with van der Waals surface area (Å²) in [5, 5.41) is 5.79. The minimum Gasteiger partial charge on any atom is -0.384 e. The first-order valence-electron chi connectivity index (χ1n) is 7.45. The summed E-state index contributed by atoms with van der Waals surface area (Å²) in [6, 6.07) is 4.90. The lowest BCUT2D eigenvalue weighted by Crippen LogP contribution is -2.47. The van der Waals surface area contributed by atoms with E-state index in [2.05, 4.69) is 10.6 Å². The number of nitrogens with one attached hydrogen (secondary N) is 2. The molecule has 0 bridgehead atoms. The smallest absolute Gasteiger partial charge is 0.341 e. The van der Waals surface area contributed by atoms with Crippen LogP contribution in [-0.2, 0) is 19.4 Å². The summed E-state index contributed by atoms with van der Waals surface area (Å²) in [4.78, 5) is 12.1. The molecule has 0 aromatic heterocycles. The number of alkyl halides is 2. The van der Waals surface area contributed by atoms with Crippen LogP contribution in [0.15, 0.2) is 29.2 Å². The SMILES string of the molecule is COCC1(C(=O)Nc2cccc(S(=O)(=O)C(F)F)c2)CCNCC1. The summed E-state index contributed by atoms with van der Waals surface area (Å²) in [6.07, 6.45) is 1.14. The van der Waals surface area contributed by atoms with Crippen molar-refractivity contribution in [2.45, 2.75) is 23.5 Å². The van der Waals surface area contributed by atoms with Gasteiger partial charge >= 0.3 is 5.76 Å². The van der Waals surface area contributed by atoms with Crippen LogP contribution in [-0.4, -0.2) is 46.9 Å². The largest absolute Gasteiger partial charge is 0.384 e. The zero-order chi connectivity index (χ0) is 17.8. The van der Waals surface area contributed by atoms with E-state index in [4.69, 9.17) is 4.74 Å². The number of anilines is 1. The molecule has 9 heteroatoms. The fraction of sp³-hybridized carbons (Fsp3) is 0.533. The van der Waals surface area contributed by atoms with E-state index in [0.717, 1.165) is 12.1 Å². The van der Waals surface area contributed by atoms with Gasteiger partial charge in [-0.25, -0.2) is 8.42 Å². The van der Waals surface area contributed by atoms with Crippen LogP contribution >= 0.6 is 0 Å². The van der Waals surface area contributed by atoms with Crippen molar-refractivity contribution >= 4 is 21.4 Å². The maximum absolute atomic E-state index is 12.7. The van der Waals surface area contributed by atoms with E-state index < -0.39 is 25.9 Å². The molecule has 0 saturated carbocycles. The topological polar surface area (TPSA) is 84.5 Å². The van der Waals surface area contributed by atoms with Crippen molar-refractivity contribution in [3.8, 4) is 0 Å². The molecule has 1 saturated heterocycles. The zero-order valence-electron chi connectivity index (χ0n) is 13.2. The second-order valence-electron chi connectivity index (χ2n) is 5.75. The number of methoxy groups -OCH3 is 1. The maximum atomic E-state index is 12.7. The van der Waals surface area contributed by atoms with Crippen molar-refractivity contribution in [3.05, 3.63) is 24.3 Å². The van der Waals surface area contributed by atoms with Gasteiger partial charge in [0.05, 0.1) is 16.9 Å². The Balaban J connectivity index is 2.22. The molecular formula is C15H20F2N2O4S. The normalized spacial score (nSPS) is 17.7. The number of ether oxygens (including phenoxy) is 1. The summed E-state index contributed by atoms with van der Waals surface area (Å²) < 4.78 is 53.6. The second kappa shape index (κ2) is 7.54. The Kier molecular flexibility index (Phi) is 5.89. The molecular weight excluding hydrogens is 342 g/mol. The minimum absolute atomic E-state index is 0.163. The highest BCUT2D eigenvalue weighted by Gasteiger charge is 2.39. The highest BCUT2D eigenvalue weighted by atomic mass is 32.2. The minimum atomic E-state index is -4.70. The number of amides is 1. The van der Waals surface area contributed by atoms with Crippen LogP contribution in [0, 0.1) is 5.41 Å². The van der Waals surface area contributed by atoms with Gasteiger partial charge < -0.3 is 15.4 Å². The van der Waals surface area contributed by atoms with Crippen LogP contribution in [0.1, 0.15) is 12.8 Å². The number of sulfone groups is 1. The Morgan fingerprint density at radius 2 is 2.04 bits per heavy atom. The molecule has 134 valence electrons. The van der Waals surface area contributed by atoms with Gasteiger partial charge in [-0.05, 0) is 44.1 Å². The van der Waals surface area contributed by atoms with Crippen molar-refractivity contribution < 1.29 is 26.7 Å². The summed E-state index contributed by atoms with van der Waals surface area (Å²) in [5.74, 6) is -3.81. The number of halogens is 2.